The average Bonchev–Trinajstić information content (AvgIpc) is 2.29. The van der Waals surface area contributed by atoms with E-state index in [1.54, 1.807) is 7.11 Å². The summed E-state index contributed by atoms with van der Waals surface area (Å²) in [5, 5.41) is 0. The van der Waals surface area contributed by atoms with E-state index in [1.165, 1.54) is 11.1 Å². The van der Waals surface area contributed by atoms with Gasteiger partial charge in [0.1, 0.15) is 5.75 Å². The maximum Gasteiger partial charge on any atom is 0.123 e. The summed E-state index contributed by atoms with van der Waals surface area (Å²) in [6, 6.07) is 6.27. The lowest BCUT2D eigenvalue weighted by Gasteiger charge is -2.20. The van der Waals surface area contributed by atoms with Crippen molar-refractivity contribution in [3.05, 3.63) is 29.3 Å². The molecule has 1 aromatic carbocycles. The zero-order valence-corrected chi connectivity index (χ0v) is 11.0. The van der Waals surface area contributed by atoms with Crippen LogP contribution in [0.1, 0.15) is 18.1 Å². The quantitative estimate of drug-likeness (QED) is 0.710. The number of benzene rings is 1. The van der Waals surface area contributed by atoms with E-state index in [4.69, 9.17) is 16.3 Å². The summed E-state index contributed by atoms with van der Waals surface area (Å²) in [7, 11) is 1.71. The molecule has 0 spiro atoms. The van der Waals surface area contributed by atoms with Crippen LogP contribution in [0.25, 0.3) is 0 Å². The molecule has 0 fully saturated rings. The Morgan fingerprint density at radius 3 is 2.69 bits per heavy atom. The highest BCUT2D eigenvalue weighted by Gasteiger charge is 2.08. The molecule has 0 saturated heterocycles. The summed E-state index contributed by atoms with van der Waals surface area (Å²) < 4.78 is 5.36. The molecule has 0 heterocycles. The number of aryl methyl sites for hydroxylation is 1. The van der Waals surface area contributed by atoms with Gasteiger partial charge in [-0.25, -0.2) is 0 Å². The molecule has 0 unspecified atom stereocenters. The fourth-order valence-corrected chi connectivity index (χ4v) is 1.98. The van der Waals surface area contributed by atoms with Crippen LogP contribution in [0, 0.1) is 6.92 Å². The predicted molar refractivity (Wildman–Crippen MR) is 69.4 cm³/mol. The van der Waals surface area contributed by atoms with E-state index in [1.807, 2.05) is 6.07 Å². The van der Waals surface area contributed by atoms with Crippen LogP contribution in [-0.4, -0.2) is 31.0 Å². The van der Waals surface area contributed by atoms with Gasteiger partial charge in [-0.1, -0.05) is 24.6 Å². The monoisotopic (exact) mass is 241 g/mol. The van der Waals surface area contributed by atoms with Gasteiger partial charge in [0.25, 0.3) is 0 Å². The SMILES string of the molecule is CCN(CCCl)Cc1cc(C)ccc1OC. The van der Waals surface area contributed by atoms with Crippen LogP contribution in [0.2, 0.25) is 0 Å². The Morgan fingerprint density at radius 1 is 1.38 bits per heavy atom. The number of alkyl halides is 1. The van der Waals surface area contributed by atoms with Crippen molar-refractivity contribution in [1.29, 1.82) is 0 Å². The van der Waals surface area contributed by atoms with E-state index < -0.39 is 0 Å². The highest BCUT2D eigenvalue weighted by atomic mass is 35.5. The van der Waals surface area contributed by atoms with E-state index in [2.05, 4.69) is 30.9 Å². The van der Waals surface area contributed by atoms with Crippen LogP contribution in [-0.2, 0) is 6.54 Å². The number of hydrogen-bond donors (Lipinski definition) is 0. The fourth-order valence-electron chi connectivity index (χ4n) is 1.74. The smallest absolute Gasteiger partial charge is 0.123 e. The van der Waals surface area contributed by atoms with Gasteiger partial charge in [0.05, 0.1) is 7.11 Å². The van der Waals surface area contributed by atoms with E-state index >= 15 is 0 Å². The molecular weight excluding hydrogens is 222 g/mol. The van der Waals surface area contributed by atoms with Crippen LogP contribution in [0.4, 0.5) is 0 Å². The molecular formula is C13H20ClNO. The highest BCUT2D eigenvalue weighted by Crippen LogP contribution is 2.21. The molecule has 0 aromatic heterocycles. The summed E-state index contributed by atoms with van der Waals surface area (Å²) >= 11 is 5.77. The van der Waals surface area contributed by atoms with Crippen LogP contribution in [0.3, 0.4) is 0 Å². The summed E-state index contributed by atoms with van der Waals surface area (Å²) in [5.41, 5.74) is 2.49. The third-order valence-corrected chi connectivity index (χ3v) is 2.85. The fraction of sp³-hybridized carbons (Fsp3) is 0.538. The summed E-state index contributed by atoms with van der Waals surface area (Å²) in [4.78, 5) is 2.31. The van der Waals surface area contributed by atoms with Crippen molar-refractivity contribution in [3.63, 3.8) is 0 Å². The molecule has 0 amide bonds. The first-order chi connectivity index (χ1) is 7.71. The summed E-state index contributed by atoms with van der Waals surface area (Å²) in [6.45, 7) is 7.06. The van der Waals surface area contributed by atoms with Crippen molar-refractivity contribution in [2.75, 3.05) is 26.1 Å². The van der Waals surface area contributed by atoms with Gasteiger partial charge in [-0.05, 0) is 19.5 Å². The number of halogens is 1. The van der Waals surface area contributed by atoms with Crippen LogP contribution in [0.15, 0.2) is 18.2 Å². The number of ether oxygens (including phenoxy) is 1. The summed E-state index contributed by atoms with van der Waals surface area (Å²) in [5.74, 6) is 1.63. The molecule has 0 N–H and O–H groups in total. The van der Waals surface area contributed by atoms with Crippen molar-refractivity contribution in [2.24, 2.45) is 0 Å². The van der Waals surface area contributed by atoms with Crippen molar-refractivity contribution >= 4 is 11.6 Å². The van der Waals surface area contributed by atoms with Gasteiger partial charge in [0.2, 0.25) is 0 Å². The molecule has 0 aliphatic rings. The third-order valence-electron chi connectivity index (χ3n) is 2.68. The minimum Gasteiger partial charge on any atom is -0.496 e. The van der Waals surface area contributed by atoms with Gasteiger partial charge in [-0.15, -0.1) is 11.6 Å². The van der Waals surface area contributed by atoms with Gasteiger partial charge in [0, 0.05) is 24.5 Å². The highest BCUT2D eigenvalue weighted by molar-refractivity contribution is 6.18. The molecule has 0 aliphatic heterocycles. The Labute approximate surface area is 103 Å². The Bertz CT molecular complexity index is 328. The number of methoxy groups -OCH3 is 1. The van der Waals surface area contributed by atoms with Crippen molar-refractivity contribution in [1.82, 2.24) is 4.90 Å². The molecule has 0 bridgehead atoms. The normalized spacial score (nSPS) is 10.8. The Balaban J connectivity index is 2.80. The molecule has 0 saturated carbocycles. The molecule has 16 heavy (non-hydrogen) atoms. The Morgan fingerprint density at radius 2 is 2.12 bits per heavy atom. The second-order valence-corrected chi connectivity index (χ2v) is 4.25. The van der Waals surface area contributed by atoms with Crippen molar-refractivity contribution < 1.29 is 4.74 Å². The molecule has 90 valence electrons. The Hall–Kier alpha value is -0.730. The third kappa shape index (κ3) is 3.69. The second kappa shape index (κ2) is 6.77. The largest absolute Gasteiger partial charge is 0.496 e. The molecule has 0 atom stereocenters. The molecule has 1 rings (SSSR count). The van der Waals surface area contributed by atoms with Gasteiger partial charge in [0.15, 0.2) is 0 Å². The van der Waals surface area contributed by atoms with Crippen molar-refractivity contribution in [3.8, 4) is 5.75 Å². The minimum atomic E-state index is 0.669. The topological polar surface area (TPSA) is 12.5 Å². The van der Waals surface area contributed by atoms with Gasteiger partial charge in [-0.2, -0.15) is 0 Å². The van der Waals surface area contributed by atoms with E-state index in [9.17, 15) is 0 Å². The number of nitrogens with zero attached hydrogens (tertiary/aromatic N) is 1. The zero-order chi connectivity index (χ0) is 12.0. The van der Waals surface area contributed by atoms with Gasteiger partial charge < -0.3 is 4.74 Å². The van der Waals surface area contributed by atoms with E-state index in [0.29, 0.717) is 5.88 Å². The maximum absolute atomic E-state index is 5.77. The number of rotatable bonds is 6. The molecule has 3 heteroatoms. The second-order valence-electron chi connectivity index (χ2n) is 3.87. The van der Waals surface area contributed by atoms with Crippen LogP contribution >= 0.6 is 11.6 Å². The van der Waals surface area contributed by atoms with E-state index in [-0.39, 0.29) is 0 Å². The summed E-state index contributed by atoms with van der Waals surface area (Å²) in [6.07, 6.45) is 0. The lowest BCUT2D eigenvalue weighted by Crippen LogP contribution is -2.25. The molecule has 0 aliphatic carbocycles. The first-order valence-electron chi connectivity index (χ1n) is 5.63. The lowest BCUT2D eigenvalue weighted by atomic mass is 10.1. The van der Waals surface area contributed by atoms with Crippen molar-refractivity contribution in [2.45, 2.75) is 20.4 Å². The zero-order valence-electron chi connectivity index (χ0n) is 10.3. The minimum absolute atomic E-state index is 0.669. The first-order valence-corrected chi connectivity index (χ1v) is 6.16. The van der Waals surface area contributed by atoms with Gasteiger partial charge in [-0.3, -0.25) is 4.90 Å². The molecule has 2 nitrogen and oxygen atoms in total. The van der Waals surface area contributed by atoms with Gasteiger partial charge >= 0.3 is 0 Å². The molecule has 1 aromatic rings. The predicted octanol–water partition coefficient (Wildman–Crippen LogP) is 3.06. The average molecular weight is 242 g/mol. The first kappa shape index (κ1) is 13.3. The van der Waals surface area contributed by atoms with E-state index in [0.717, 1.165) is 25.4 Å². The van der Waals surface area contributed by atoms with Crippen LogP contribution < -0.4 is 4.74 Å². The number of hydrogen-bond acceptors (Lipinski definition) is 2. The maximum atomic E-state index is 5.77. The molecule has 0 radical (unpaired) electrons. The standard InChI is InChI=1S/C13H20ClNO/c1-4-15(8-7-14)10-12-9-11(2)5-6-13(12)16-3/h5-6,9H,4,7-8,10H2,1-3H3. The Kier molecular flexibility index (Phi) is 5.64. The van der Waals surface area contributed by atoms with Crippen LogP contribution in [0.5, 0.6) is 5.75 Å². The lowest BCUT2D eigenvalue weighted by molar-refractivity contribution is 0.291.